The van der Waals surface area contributed by atoms with Crippen LogP contribution in [0.25, 0.3) is 0 Å². The van der Waals surface area contributed by atoms with Crippen LogP contribution in [0.4, 0.5) is 0 Å². The number of aromatic amines is 1. The summed E-state index contributed by atoms with van der Waals surface area (Å²) in [5.74, 6) is -0.245. The Hall–Kier alpha value is -2.94. The molecule has 0 saturated heterocycles. The SMILES string of the molecule is O=C(c1ccccc1)c1ccc(C(=O)c2ccccc2)[nH]1. The highest BCUT2D eigenvalue weighted by atomic mass is 16.1. The van der Waals surface area contributed by atoms with E-state index in [4.69, 9.17) is 0 Å². The molecule has 1 aromatic heterocycles. The highest BCUT2D eigenvalue weighted by molar-refractivity contribution is 6.11. The Bertz CT molecular complexity index is 707. The molecule has 0 aliphatic carbocycles. The van der Waals surface area contributed by atoms with Gasteiger partial charge in [-0.25, -0.2) is 0 Å². The van der Waals surface area contributed by atoms with Crippen molar-refractivity contribution in [3.05, 3.63) is 95.3 Å². The summed E-state index contributed by atoms with van der Waals surface area (Å²) in [5, 5.41) is 0. The highest BCUT2D eigenvalue weighted by Crippen LogP contribution is 2.13. The molecule has 3 rings (SSSR count). The fourth-order valence-electron chi connectivity index (χ4n) is 2.15. The Morgan fingerprint density at radius 2 is 0.952 bits per heavy atom. The second kappa shape index (κ2) is 5.59. The Kier molecular flexibility index (Phi) is 3.48. The van der Waals surface area contributed by atoms with Gasteiger partial charge in [0, 0.05) is 11.1 Å². The van der Waals surface area contributed by atoms with Gasteiger partial charge in [0.25, 0.3) is 0 Å². The molecular weight excluding hydrogens is 262 g/mol. The van der Waals surface area contributed by atoms with Gasteiger partial charge in [-0.05, 0) is 12.1 Å². The molecule has 1 N–H and O–H groups in total. The molecule has 0 aliphatic heterocycles. The van der Waals surface area contributed by atoms with Crippen molar-refractivity contribution in [2.75, 3.05) is 0 Å². The van der Waals surface area contributed by atoms with Crippen LogP contribution in [0.5, 0.6) is 0 Å². The van der Waals surface area contributed by atoms with Gasteiger partial charge in [-0.3, -0.25) is 9.59 Å². The number of hydrogen-bond donors (Lipinski definition) is 1. The van der Waals surface area contributed by atoms with E-state index < -0.39 is 0 Å². The topological polar surface area (TPSA) is 49.9 Å². The second-order valence-electron chi connectivity index (χ2n) is 4.68. The summed E-state index contributed by atoms with van der Waals surface area (Å²) in [6, 6.07) is 21.3. The van der Waals surface area contributed by atoms with Gasteiger partial charge < -0.3 is 4.98 Å². The normalized spacial score (nSPS) is 10.3. The molecule has 1 heterocycles. The van der Waals surface area contributed by atoms with E-state index in [0.29, 0.717) is 22.5 Å². The molecule has 3 heteroatoms. The molecule has 0 atom stereocenters. The molecule has 3 nitrogen and oxygen atoms in total. The minimum absolute atomic E-state index is 0.122. The summed E-state index contributed by atoms with van der Waals surface area (Å²) in [4.78, 5) is 27.5. The van der Waals surface area contributed by atoms with Crippen LogP contribution in [0.2, 0.25) is 0 Å². The van der Waals surface area contributed by atoms with Crippen LogP contribution in [-0.2, 0) is 0 Å². The van der Waals surface area contributed by atoms with Crippen molar-refractivity contribution in [3.8, 4) is 0 Å². The fourth-order valence-corrected chi connectivity index (χ4v) is 2.15. The Balaban J connectivity index is 1.87. The smallest absolute Gasteiger partial charge is 0.209 e. The number of carbonyl (C=O) groups is 2. The third-order valence-electron chi connectivity index (χ3n) is 3.25. The van der Waals surface area contributed by atoms with Crippen molar-refractivity contribution in [3.63, 3.8) is 0 Å². The standard InChI is InChI=1S/C18H13NO2/c20-17(13-7-3-1-4-8-13)15-11-12-16(19-15)18(21)14-9-5-2-6-10-14/h1-12,19H. The van der Waals surface area contributed by atoms with E-state index in [2.05, 4.69) is 4.98 Å². The minimum Gasteiger partial charge on any atom is -0.349 e. The third kappa shape index (κ3) is 2.67. The van der Waals surface area contributed by atoms with E-state index in [9.17, 15) is 9.59 Å². The number of carbonyl (C=O) groups excluding carboxylic acids is 2. The van der Waals surface area contributed by atoms with E-state index in [1.807, 2.05) is 36.4 Å². The minimum atomic E-state index is -0.122. The molecule has 0 saturated carbocycles. The lowest BCUT2D eigenvalue weighted by molar-refractivity contribution is 0.103. The zero-order valence-corrected chi connectivity index (χ0v) is 11.2. The van der Waals surface area contributed by atoms with Crippen LogP contribution < -0.4 is 0 Å². The van der Waals surface area contributed by atoms with Crippen LogP contribution in [0.3, 0.4) is 0 Å². The molecule has 0 radical (unpaired) electrons. The second-order valence-corrected chi connectivity index (χ2v) is 4.68. The molecule has 102 valence electrons. The average molecular weight is 275 g/mol. The highest BCUT2D eigenvalue weighted by Gasteiger charge is 2.15. The summed E-state index contributed by atoms with van der Waals surface area (Å²) in [6.07, 6.45) is 0. The molecule has 0 unspecified atom stereocenters. The van der Waals surface area contributed by atoms with Gasteiger partial charge >= 0.3 is 0 Å². The number of nitrogens with one attached hydrogen (secondary N) is 1. The molecule has 0 aliphatic rings. The van der Waals surface area contributed by atoms with Gasteiger partial charge in [-0.2, -0.15) is 0 Å². The monoisotopic (exact) mass is 275 g/mol. The van der Waals surface area contributed by atoms with Crippen molar-refractivity contribution < 1.29 is 9.59 Å². The van der Waals surface area contributed by atoms with E-state index in [1.165, 1.54) is 0 Å². The summed E-state index contributed by atoms with van der Waals surface area (Å²) in [5.41, 5.74) is 2.03. The van der Waals surface area contributed by atoms with Crippen molar-refractivity contribution in [1.29, 1.82) is 0 Å². The Labute approximate surface area is 122 Å². The zero-order valence-electron chi connectivity index (χ0n) is 11.2. The first-order chi connectivity index (χ1) is 10.3. The van der Waals surface area contributed by atoms with Crippen molar-refractivity contribution >= 4 is 11.6 Å². The van der Waals surface area contributed by atoms with E-state index in [1.54, 1.807) is 36.4 Å². The number of hydrogen-bond acceptors (Lipinski definition) is 2. The maximum absolute atomic E-state index is 12.3. The molecule has 2 aromatic carbocycles. The van der Waals surface area contributed by atoms with Crippen molar-refractivity contribution in [2.24, 2.45) is 0 Å². The predicted octanol–water partition coefficient (Wildman–Crippen LogP) is 3.48. The van der Waals surface area contributed by atoms with Crippen molar-refractivity contribution in [1.82, 2.24) is 4.98 Å². The maximum atomic E-state index is 12.3. The van der Waals surface area contributed by atoms with Crippen LogP contribution >= 0.6 is 0 Å². The van der Waals surface area contributed by atoms with Crippen molar-refractivity contribution in [2.45, 2.75) is 0 Å². The molecule has 0 spiro atoms. The number of H-pyrrole nitrogens is 1. The average Bonchev–Trinajstić information content (AvgIpc) is 3.05. The van der Waals surface area contributed by atoms with Crippen LogP contribution in [0, 0.1) is 0 Å². The number of ketones is 2. The lowest BCUT2D eigenvalue weighted by atomic mass is 10.1. The van der Waals surface area contributed by atoms with Gasteiger partial charge in [-0.15, -0.1) is 0 Å². The summed E-state index contributed by atoms with van der Waals surface area (Å²) < 4.78 is 0. The zero-order chi connectivity index (χ0) is 14.7. The third-order valence-corrected chi connectivity index (χ3v) is 3.25. The Morgan fingerprint density at radius 1 is 0.571 bits per heavy atom. The first kappa shape index (κ1) is 13.1. The van der Waals surface area contributed by atoms with E-state index >= 15 is 0 Å². The molecule has 0 amide bonds. The number of rotatable bonds is 4. The van der Waals surface area contributed by atoms with Gasteiger partial charge in [0.1, 0.15) is 0 Å². The fraction of sp³-hybridized carbons (Fsp3) is 0. The van der Waals surface area contributed by atoms with Gasteiger partial charge in [0.2, 0.25) is 11.6 Å². The quantitative estimate of drug-likeness (QED) is 0.741. The first-order valence-corrected chi connectivity index (χ1v) is 6.64. The largest absolute Gasteiger partial charge is 0.349 e. The number of benzene rings is 2. The van der Waals surface area contributed by atoms with Crippen LogP contribution in [-0.4, -0.2) is 16.6 Å². The van der Waals surface area contributed by atoms with Gasteiger partial charge in [-0.1, -0.05) is 60.7 Å². The summed E-state index contributed by atoms with van der Waals surface area (Å²) in [6.45, 7) is 0. The maximum Gasteiger partial charge on any atom is 0.209 e. The van der Waals surface area contributed by atoms with Crippen LogP contribution in [0.1, 0.15) is 32.1 Å². The van der Waals surface area contributed by atoms with Gasteiger partial charge in [0.15, 0.2) is 0 Å². The molecular formula is C18H13NO2. The van der Waals surface area contributed by atoms with E-state index in [-0.39, 0.29) is 11.6 Å². The first-order valence-electron chi connectivity index (χ1n) is 6.64. The lowest BCUT2D eigenvalue weighted by Crippen LogP contribution is -2.05. The predicted molar refractivity (Wildman–Crippen MR) is 80.5 cm³/mol. The van der Waals surface area contributed by atoms with Gasteiger partial charge in [0.05, 0.1) is 11.4 Å². The van der Waals surface area contributed by atoms with Crippen LogP contribution in [0.15, 0.2) is 72.8 Å². The molecule has 0 bridgehead atoms. The summed E-state index contributed by atoms with van der Waals surface area (Å²) >= 11 is 0. The molecule has 21 heavy (non-hydrogen) atoms. The molecule has 0 fully saturated rings. The summed E-state index contributed by atoms with van der Waals surface area (Å²) in [7, 11) is 0. The van der Waals surface area contributed by atoms with E-state index in [0.717, 1.165) is 0 Å². The Morgan fingerprint density at radius 3 is 1.33 bits per heavy atom. The lowest BCUT2D eigenvalue weighted by Gasteiger charge is -1.99. The molecule has 3 aromatic rings. The number of aromatic nitrogens is 1.